The summed E-state index contributed by atoms with van der Waals surface area (Å²) < 4.78 is 5.34. The number of hydrogen-bond acceptors (Lipinski definition) is 10. The maximum atomic E-state index is 14.2. The quantitative estimate of drug-likeness (QED) is 0.0376. The Hall–Kier alpha value is -6.36. The summed E-state index contributed by atoms with van der Waals surface area (Å²) in [5.74, 6) is -1.78. The number of amides is 6. The van der Waals surface area contributed by atoms with Gasteiger partial charge in [0, 0.05) is 38.4 Å². The molecule has 0 bridgehead atoms. The number of anilines is 1. The minimum atomic E-state index is -0.931. The molecule has 332 valence electrons. The first-order valence-electron chi connectivity index (χ1n) is 20.8. The number of nitrogens with one attached hydrogen (secondary N) is 7. The molecule has 6 amide bonds. The first-order valence-corrected chi connectivity index (χ1v) is 20.8. The average molecular weight is 845 g/mol. The minimum absolute atomic E-state index is 0.0651. The number of phenolic OH excluding ortho intramolecular Hbond substituents is 1. The molecule has 0 radical (unpaired) electrons. The molecule has 0 aliphatic rings. The van der Waals surface area contributed by atoms with Crippen LogP contribution in [-0.2, 0) is 25.7 Å². The van der Waals surface area contributed by atoms with Crippen molar-refractivity contribution in [2.24, 2.45) is 16.5 Å². The second-order valence-electron chi connectivity index (χ2n) is 15.4. The van der Waals surface area contributed by atoms with Gasteiger partial charge in [-0.05, 0) is 114 Å². The lowest BCUT2D eigenvalue weighted by atomic mass is 9.90. The fraction of sp³-hybridized carbons (Fsp3) is 0.455. The van der Waals surface area contributed by atoms with Crippen LogP contribution in [0, 0.1) is 0 Å². The van der Waals surface area contributed by atoms with E-state index in [1.165, 1.54) is 12.1 Å². The number of alkyl carbamates (subject to hydrolysis) is 1. The van der Waals surface area contributed by atoms with Gasteiger partial charge in [0.25, 0.3) is 0 Å². The molecule has 0 aliphatic heterocycles. The van der Waals surface area contributed by atoms with Gasteiger partial charge in [-0.3, -0.25) is 24.7 Å². The third kappa shape index (κ3) is 19.1. The predicted molar refractivity (Wildman–Crippen MR) is 237 cm³/mol. The molecule has 3 aromatic rings. The molecule has 17 nitrogen and oxygen atoms in total. The Morgan fingerprint density at radius 1 is 0.738 bits per heavy atom. The van der Waals surface area contributed by atoms with Gasteiger partial charge in [-0.15, -0.1) is 0 Å². The van der Waals surface area contributed by atoms with Crippen molar-refractivity contribution in [2.75, 3.05) is 38.0 Å². The fourth-order valence-electron chi connectivity index (χ4n) is 6.11. The number of ether oxygens (including phenoxy) is 1. The largest absolute Gasteiger partial charge is 0.508 e. The first kappa shape index (κ1) is 49.0. The van der Waals surface area contributed by atoms with Gasteiger partial charge in [0.1, 0.15) is 23.4 Å². The summed E-state index contributed by atoms with van der Waals surface area (Å²) in [5, 5.41) is 29.4. The van der Waals surface area contributed by atoms with E-state index in [0.717, 1.165) is 23.2 Å². The summed E-state index contributed by atoms with van der Waals surface area (Å²) in [6.07, 6.45) is 2.39. The maximum Gasteiger partial charge on any atom is 0.408 e. The van der Waals surface area contributed by atoms with Crippen LogP contribution in [0.1, 0.15) is 88.8 Å². The van der Waals surface area contributed by atoms with Gasteiger partial charge < -0.3 is 53.2 Å². The van der Waals surface area contributed by atoms with Crippen molar-refractivity contribution in [3.8, 4) is 5.75 Å². The summed E-state index contributed by atoms with van der Waals surface area (Å²) in [6.45, 7) is 9.25. The number of rotatable bonds is 23. The van der Waals surface area contributed by atoms with Crippen LogP contribution in [0.5, 0.6) is 5.75 Å². The lowest BCUT2D eigenvalue weighted by Gasteiger charge is -2.23. The Morgan fingerprint density at radius 2 is 1.38 bits per heavy atom. The van der Waals surface area contributed by atoms with Crippen LogP contribution in [0.4, 0.5) is 15.3 Å². The molecule has 3 rings (SSSR count). The molecule has 17 heteroatoms. The minimum Gasteiger partial charge on any atom is -0.508 e. The molecular weight excluding hydrogens is 781 g/mol. The van der Waals surface area contributed by atoms with E-state index in [2.05, 4.69) is 42.2 Å². The van der Waals surface area contributed by atoms with Crippen molar-refractivity contribution in [3.63, 3.8) is 0 Å². The van der Waals surface area contributed by atoms with E-state index in [1.807, 2.05) is 54.6 Å². The van der Waals surface area contributed by atoms with Crippen LogP contribution in [0.25, 0.3) is 0 Å². The predicted octanol–water partition coefficient (Wildman–Crippen LogP) is 3.68. The number of carbonyl (C=O) groups excluding carboxylic acids is 5. The number of aliphatic imine (C=N–C) groups is 1. The summed E-state index contributed by atoms with van der Waals surface area (Å²) in [4.78, 5) is 69.1. The molecule has 0 aromatic heterocycles. The van der Waals surface area contributed by atoms with Crippen molar-refractivity contribution in [1.29, 1.82) is 0 Å². The van der Waals surface area contributed by atoms with Crippen LogP contribution in [0.2, 0.25) is 0 Å². The SMILES string of the molecule is CCNC(=O)NC(N)=NCCC[C@@H](NC(=O)C(c1ccccc1)c1ccc(NCCCNC(=O)[C@@H](CCCCN)NC(=O)OC(C)(C)C)cc1)C(=O)NCc1ccc(O)cc1. The number of carbonyl (C=O) groups is 5. The number of phenols is 1. The topological polar surface area (TPSA) is 263 Å². The van der Waals surface area contributed by atoms with Gasteiger partial charge in [0.2, 0.25) is 17.7 Å². The Labute approximate surface area is 358 Å². The third-order valence-corrected chi connectivity index (χ3v) is 9.12. The normalized spacial score (nSPS) is 12.8. The summed E-state index contributed by atoms with van der Waals surface area (Å²) in [7, 11) is 0. The van der Waals surface area contributed by atoms with Crippen molar-refractivity contribution >= 4 is 41.5 Å². The van der Waals surface area contributed by atoms with Gasteiger partial charge >= 0.3 is 12.1 Å². The van der Waals surface area contributed by atoms with Gasteiger partial charge in [-0.25, -0.2) is 9.59 Å². The van der Waals surface area contributed by atoms with Gasteiger partial charge in [0.15, 0.2) is 5.96 Å². The van der Waals surface area contributed by atoms with Crippen LogP contribution in [0.15, 0.2) is 83.9 Å². The zero-order valence-corrected chi connectivity index (χ0v) is 35.7. The summed E-state index contributed by atoms with van der Waals surface area (Å²) in [6, 6.07) is 21.0. The van der Waals surface area contributed by atoms with E-state index in [1.54, 1.807) is 39.8 Å². The lowest BCUT2D eigenvalue weighted by molar-refractivity contribution is -0.129. The molecule has 1 unspecified atom stereocenters. The van der Waals surface area contributed by atoms with E-state index >= 15 is 0 Å². The zero-order chi connectivity index (χ0) is 44.6. The summed E-state index contributed by atoms with van der Waals surface area (Å²) in [5.41, 5.74) is 13.8. The van der Waals surface area contributed by atoms with Crippen molar-refractivity contribution in [2.45, 2.75) is 96.4 Å². The van der Waals surface area contributed by atoms with Crippen LogP contribution >= 0.6 is 0 Å². The Kier molecular flexibility index (Phi) is 20.9. The third-order valence-electron chi connectivity index (χ3n) is 9.12. The van der Waals surface area contributed by atoms with E-state index < -0.39 is 41.6 Å². The van der Waals surface area contributed by atoms with Crippen LogP contribution in [-0.4, -0.2) is 91.3 Å². The highest BCUT2D eigenvalue weighted by atomic mass is 16.6. The number of urea groups is 1. The monoisotopic (exact) mass is 844 g/mol. The molecule has 61 heavy (non-hydrogen) atoms. The van der Waals surface area contributed by atoms with E-state index in [4.69, 9.17) is 16.2 Å². The molecule has 12 N–H and O–H groups in total. The molecule has 0 aliphatic carbocycles. The second-order valence-corrected chi connectivity index (χ2v) is 15.4. The number of unbranched alkanes of at least 4 members (excludes halogenated alkanes) is 1. The molecule has 0 saturated carbocycles. The van der Waals surface area contributed by atoms with Gasteiger partial charge in [-0.1, -0.05) is 54.6 Å². The molecule has 3 aromatic carbocycles. The van der Waals surface area contributed by atoms with Gasteiger partial charge in [0.05, 0.1) is 5.92 Å². The average Bonchev–Trinajstić information content (AvgIpc) is 3.21. The van der Waals surface area contributed by atoms with E-state index in [9.17, 15) is 29.1 Å². The fourth-order valence-corrected chi connectivity index (χ4v) is 6.11. The number of hydrogen-bond donors (Lipinski definition) is 10. The standard InChI is InChI=1S/C44H64N10O7/c1-5-47-42(59)54-41(46)50-26-11-16-35(39(57)51-29-30-17-23-34(55)24-18-30)52-40(58)37(31-13-7-6-8-14-31)32-19-21-33(22-20-32)48-27-12-28-49-38(56)36(15-9-10-25-45)53-43(60)61-44(2,3)4/h6-8,13-14,17-24,35-37,48,55H,5,9-12,15-16,25-29,45H2,1-4H3,(H,49,56)(H,51,57)(H,52,58)(H,53,60)(H4,46,47,50,54,59)/t35-,36-,37?/m1/s1. The Balaban J connectivity index is 1.66. The highest BCUT2D eigenvalue weighted by molar-refractivity contribution is 5.95. The number of guanidine groups is 1. The highest BCUT2D eigenvalue weighted by Gasteiger charge is 2.28. The highest BCUT2D eigenvalue weighted by Crippen LogP contribution is 2.27. The van der Waals surface area contributed by atoms with Crippen molar-refractivity contribution in [3.05, 3.63) is 95.6 Å². The maximum absolute atomic E-state index is 14.2. The number of nitrogens with zero attached hydrogens (tertiary/aromatic N) is 1. The first-order chi connectivity index (χ1) is 29.2. The van der Waals surface area contributed by atoms with Crippen LogP contribution < -0.4 is 48.7 Å². The summed E-state index contributed by atoms with van der Waals surface area (Å²) >= 11 is 0. The van der Waals surface area contributed by atoms with Crippen molar-refractivity contribution in [1.82, 2.24) is 31.9 Å². The number of nitrogens with two attached hydrogens (primary N) is 2. The Morgan fingerprint density at radius 3 is 2.03 bits per heavy atom. The van der Waals surface area contributed by atoms with Gasteiger partial charge in [-0.2, -0.15) is 0 Å². The number of aromatic hydroxyl groups is 1. The number of benzene rings is 3. The molecule has 3 atom stereocenters. The molecular formula is C44H64N10O7. The molecule has 0 heterocycles. The molecule has 0 spiro atoms. The smallest absolute Gasteiger partial charge is 0.408 e. The van der Waals surface area contributed by atoms with Crippen LogP contribution in [0.3, 0.4) is 0 Å². The van der Waals surface area contributed by atoms with Crippen molar-refractivity contribution < 1.29 is 33.8 Å². The lowest BCUT2D eigenvalue weighted by Crippen LogP contribution is -2.48. The second kappa shape index (κ2) is 26.0. The molecule has 0 fully saturated rings. The Bertz CT molecular complexity index is 1850. The zero-order valence-electron chi connectivity index (χ0n) is 35.7. The van der Waals surface area contributed by atoms with E-state index in [-0.39, 0.29) is 43.0 Å². The molecule has 0 saturated heterocycles. The van der Waals surface area contributed by atoms with E-state index in [0.29, 0.717) is 57.4 Å².